The average molecular weight is 539 g/mol. The summed E-state index contributed by atoms with van der Waals surface area (Å²) in [7, 11) is 0. The monoisotopic (exact) mass is 538 g/mol. The molecular weight excluding hydrogens is 499 g/mol. The Labute approximate surface area is 230 Å². The first kappa shape index (κ1) is 25.0. The van der Waals surface area contributed by atoms with Crippen LogP contribution in [0, 0.1) is 0 Å². The number of rotatable bonds is 4. The van der Waals surface area contributed by atoms with Gasteiger partial charge in [0.15, 0.2) is 0 Å². The maximum absolute atomic E-state index is 14.4. The fraction of sp³-hybridized carbons (Fsp3) is 0.690. The van der Waals surface area contributed by atoms with Gasteiger partial charge in [-0.2, -0.15) is 12.6 Å². The average Bonchev–Trinajstić information content (AvgIpc) is 3.43. The molecule has 4 atom stereocenters. The summed E-state index contributed by atoms with van der Waals surface area (Å²) in [6.45, 7) is 3.95. The standard InChI is InChI=1S/C29H39FN6OS/c30-20-14-28(9-3-13-36(28)16-20)11-8-25-32-23-15-29(10-1-4-19-6-7-24(31)33-26(19)29)37-18-22(23)27(34-25)35-12-2-5-21(38)17-35/h6-7,20-21,38H,1-5,8-18H2,(H2,31,33)/t20?,21?,28-,29?/m1/s1. The van der Waals surface area contributed by atoms with Crippen LogP contribution in [0.4, 0.5) is 16.0 Å². The maximum Gasteiger partial charge on any atom is 0.138 e. The normalized spacial score (nSPS) is 32.8. The molecule has 204 valence electrons. The van der Waals surface area contributed by atoms with Gasteiger partial charge in [-0.1, -0.05) is 6.07 Å². The van der Waals surface area contributed by atoms with Crippen molar-refractivity contribution in [1.29, 1.82) is 0 Å². The van der Waals surface area contributed by atoms with Gasteiger partial charge in [-0.3, -0.25) is 4.90 Å². The zero-order chi connectivity index (χ0) is 25.9. The fourth-order valence-electron chi connectivity index (χ4n) is 7.96. The van der Waals surface area contributed by atoms with Crippen LogP contribution < -0.4 is 10.6 Å². The number of nitrogen functional groups attached to an aromatic ring is 1. The number of hydrogen-bond donors (Lipinski definition) is 2. The highest BCUT2D eigenvalue weighted by molar-refractivity contribution is 7.81. The highest BCUT2D eigenvalue weighted by atomic mass is 32.1. The first-order chi connectivity index (χ1) is 18.4. The molecule has 3 fully saturated rings. The van der Waals surface area contributed by atoms with Crippen LogP contribution in [0.15, 0.2) is 12.1 Å². The van der Waals surface area contributed by atoms with E-state index >= 15 is 0 Å². The molecule has 1 spiro atoms. The van der Waals surface area contributed by atoms with Gasteiger partial charge < -0.3 is 15.4 Å². The van der Waals surface area contributed by atoms with Crippen LogP contribution >= 0.6 is 12.6 Å². The quantitative estimate of drug-likeness (QED) is 0.566. The molecule has 3 saturated heterocycles. The van der Waals surface area contributed by atoms with Crippen LogP contribution in [0.25, 0.3) is 0 Å². The molecular formula is C29H39FN6OS. The van der Waals surface area contributed by atoms with E-state index in [0.29, 0.717) is 37.1 Å². The molecule has 0 saturated carbocycles. The second kappa shape index (κ2) is 9.59. The molecule has 38 heavy (non-hydrogen) atoms. The lowest BCUT2D eigenvalue weighted by molar-refractivity contribution is -0.0884. The number of thiol groups is 1. The minimum absolute atomic E-state index is 0.0196. The Balaban J connectivity index is 1.24. The van der Waals surface area contributed by atoms with Gasteiger partial charge in [-0.05, 0) is 76.0 Å². The molecule has 3 unspecified atom stereocenters. The van der Waals surface area contributed by atoms with Crippen molar-refractivity contribution >= 4 is 24.3 Å². The van der Waals surface area contributed by atoms with Gasteiger partial charge in [0.05, 0.1) is 18.0 Å². The molecule has 2 aromatic rings. The topological polar surface area (TPSA) is 80.4 Å². The highest BCUT2D eigenvalue weighted by Crippen LogP contribution is 2.46. The second-order valence-electron chi connectivity index (χ2n) is 12.3. The minimum atomic E-state index is -0.709. The number of nitrogens with two attached hydrogens (primary N) is 1. The summed E-state index contributed by atoms with van der Waals surface area (Å²) >= 11 is 4.81. The lowest BCUT2D eigenvalue weighted by atomic mass is 9.77. The van der Waals surface area contributed by atoms with Crippen molar-refractivity contribution in [1.82, 2.24) is 19.9 Å². The Hall–Kier alpha value is -1.97. The number of pyridine rings is 1. The van der Waals surface area contributed by atoms with Crippen LogP contribution in [-0.2, 0) is 36.2 Å². The molecule has 1 aliphatic carbocycles. The van der Waals surface area contributed by atoms with Crippen molar-refractivity contribution in [2.75, 3.05) is 36.8 Å². The van der Waals surface area contributed by atoms with Gasteiger partial charge in [0.25, 0.3) is 0 Å². The molecule has 4 aliphatic heterocycles. The van der Waals surface area contributed by atoms with E-state index in [1.54, 1.807) is 0 Å². The van der Waals surface area contributed by atoms with E-state index in [-0.39, 0.29) is 5.54 Å². The van der Waals surface area contributed by atoms with E-state index in [2.05, 4.69) is 15.9 Å². The number of ether oxygens (including phenoxy) is 1. The van der Waals surface area contributed by atoms with E-state index < -0.39 is 11.8 Å². The molecule has 7 rings (SSSR count). The third-order valence-corrected chi connectivity index (χ3v) is 10.2. The first-order valence-electron chi connectivity index (χ1n) is 14.5. The summed E-state index contributed by atoms with van der Waals surface area (Å²) in [6, 6.07) is 4.01. The van der Waals surface area contributed by atoms with Crippen LogP contribution in [0.1, 0.15) is 79.7 Å². The van der Waals surface area contributed by atoms with Crippen molar-refractivity contribution in [3.05, 3.63) is 40.5 Å². The summed E-state index contributed by atoms with van der Waals surface area (Å²) in [4.78, 5) is 20.0. The van der Waals surface area contributed by atoms with Gasteiger partial charge in [0, 0.05) is 48.8 Å². The summed E-state index contributed by atoms with van der Waals surface area (Å²) in [6.07, 6.45) is 9.81. The number of fused-ring (bicyclic) bond motifs is 4. The van der Waals surface area contributed by atoms with Crippen molar-refractivity contribution in [2.45, 2.75) is 99.8 Å². The zero-order valence-corrected chi connectivity index (χ0v) is 23.1. The molecule has 0 aromatic carbocycles. The number of halogens is 1. The van der Waals surface area contributed by atoms with Gasteiger partial charge in [0.2, 0.25) is 0 Å². The molecule has 0 amide bonds. The maximum atomic E-state index is 14.4. The Bertz CT molecular complexity index is 1230. The van der Waals surface area contributed by atoms with E-state index in [9.17, 15) is 4.39 Å². The number of alkyl halides is 1. The van der Waals surface area contributed by atoms with E-state index in [4.69, 9.17) is 38.1 Å². The Morgan fingerprint density at radius 1 is 1.11 bits per heavy atom. The number of nitrogens with zero attached hydrogens (tertiary/aromatic N) is 5. The lowest BCUT2D eigenvalue weighted by Gasteiger charge is -2.42. The SMILES string of the molecule is Nc1ccc2c(n1)C1(CCC2)Cc2nc(CC[C@@]34CCCN3CC(F)C4)nc(N3CCCC(S)C3)c2CO1. The van der Waals surface area contributed by atoms with Crippen LogP contribution in [0.2, 0.25) is 0 Å². The van der Waals surface area contributed by atoms with E-state index in [0.717, 1.165) is 106 Å². The Morgan fingerprint density at radius 3 is 2.92 bits per heavy atom. The molecule has 0 radical (unpaired) electrons. The lowest BCUT2D eigenvalue weighted by Crippen LogP contribution is -2.43. The first-order valence-corrected chi connectivity index (χ1v) is 15.1. The third-order valence-electron chi connectivity index (χ3n) is 9.79. The van der Waals surface area contributed by atoms with Gasteiger partial charge in [0.1, 0.15) is 29.2 Å². The predicted octanol–water partition coefficient (Wildman–Crippen LogP) is 4.17. The molecule has 6 heterocycles. The Morgan fingerprint density at radius 2 is 2.03 bits per heavy atom. The largest absolute Gasteiger partial charge is 0.384 e. The fourth-order valence-corrected chi connectivity index (χ4v) is 8.34. The van der Waals surface area contributed by atoms with E-state index in [1.807, 2.05) is 6.07 Å². The summed E-state index contributed by atoms with van der Waals surface area (Å²) in [5, 5.41) is 0.344. The van der Waals surface area contributed by atoms with Gasteiger partial charge in [-0.25, -0.2) is 19.3 Å². The summed E-state index contributed by atoms with van der Waals surface area (Å²) in [5.74, 6) is 2.45. The minimum Gasteiger partial charge on any atom is -0.384 e. The summed E-state index contributed by atoms with van der Waals surface area (Å²) < 4.78 is 21.2. The van der Waals surface area contributed by atoms with Gasteiger partial charge >= 0.3 is 0 Å². The van der Waals surface area contributed by atoms with Crippen molar-refractivity contribution < 1.29 is 9.13 Å². The number of hydrogen-bond acceptors (Lipinski definition) is 8. The molecule has 9 heteroatoms. The number of anilines is 2. The third kappa shape index (κ3) is 4.29. The highest BCUT2D eigenvalue weighted by Gasteiger charge is 2.48. The zero-order valence-electron chi connectivity index (χ0n) is 22.2. The Kier molecular flexibility index (Phi) is 6.32. The van der Waals surface area contributed by atoms with Crippen molar-refractivity contribution in [3.63, 3.8) is 0 Å². The molecule has 5 aliphatic rings. The van der Waals surface area contributed by atoms with Crippen LogP contribution in [0.5, 0.6) is 0 Å². The molecule has 2 aromatic heterocycles. The predicted molar refractivity (Wildman–Crippen MR) is 149 cm³/mol. The van der Waals surface area contributed by atoms with E-state index in [1.165, 1.54) is 5.56 Å². The number of piperidine rings is 1. The molecule has 7 nitrogen and oxygen atoms in total. The van der Waals surface area contributed by atoms with Crippen LogP contribution in [0.3, 0.4) is 0 Å². The van der Waals surface area contributed by atoms with Gasteiger partial charge in [-0.15, -0.1) is 0 Å². The van der Waals surface area contributed by atoms with Crippen LogP contribution in [-0.4, -0.2) is 63.0 Å². The van der Waals surface area contributed by atoms with Crippen molar-refractivity contribution in [2.24, 2.45) is 0 Å². The van der Waals surface area contributed by atoms with Crippen molar-refractivity contribution in [3.8, 4) is 0 Å². The number of aromatic nitrogens is 3. The summed E-state index contributed by atoms with van der Waals surface area (Å²) in [5.41, 5.74) is 10.1. The number of aryl methyl sites for hydroxylation is 2. The second-order valence-corrected chi connectivity index (χ2v) is 13.0. The molecule has 2 N–H and O–H groups in total. The molecule has 0 bridgehead atoms. The smallest absolute Gasteiger partial charge is 0.138 e.